The summed E-state index contributed by atoms with van der Waals surface area (Å²) in [7, 11) is 0. The zero-order valence-corrected chi connectivity index (χ0v) is 19.3. The van der Waals surface area contributed by atoms with Crippen molar-refractivity contribution in [3.8, 4) is 0 Å². The SMILES string of the molecule is C[C@H](NC(=O)[C@H](O)[C@@H](O)C(=O)C1CCCCCC1c1ccccc1)c1ccc(Br)cc1. The van der Waals surface area contributed by atoms with E-state index in [1.54, 1.807) is 6.92 Å². The van der Waals surface area contributed by atoms with E-state index in [1.807, 2.05) is 54.6 Å². The molecule has 3 rings (SSSR count). The molecule has 0 saturated heterocycles. The van der Waals surface area contributed by atoms with E-state index < -0.39 is 29.8 Å². The molecule has 3 N–H and O–H groups in total. The molecule has 2 unspecified atom stereocenters. The molecule has 6 heteroatoms. The molecule has 0 spiro atoms. The lowest BCUT2D eigenvalue weighted by molar-refractivity contribution is -0.148. The molecule has 31 heavy (non-hydrogen) atoms. The van der Waals surface area contributed by atoms with E-state index in [9.17, 15) is 19.8 Å². The first-order valence-corrected chi connectivity index (χ1v) is 11.7. The molecule has 1 amide bonds. The largest absolute Gasteiger partial charge is 0.382 e. The normalized spacial score (nSPS) is 22.1. The summed E-state index contributed by atoms with van der Waals surface area (Å²) in [6.07, 6.45) is 0.922. The maximum atomic E-state index is 13.2. The number of benzene rings is 2. The molecule has 0 heterocycles. The van der Waals surface area contributed by atoms with Crippen molar-refractivity contribution in [2.24, 2.45) is 5.92 Å². The van der Waals surface area contributed by atoms with Crippen LogP contribution in [0, 0.1) is 5.92 Å². The van der Waals surface area contributed by atoms with Crippen LogP contribution in [0.15, 0.2) is 59.1 Å². The summed E-state index contributed by atoms with van der Waals surface area (Å²) in [4.78, 5) is 25.7. The third kappa shape index (κ3) is 6.03. The summed E-state index contributed by atoms with van der Waals surface area (Å²) in [6, 6.07) is 16.9. The molecule has 166 valence electrons. The van der Waals surface area contributed by atoms with Crippen LogP contribution in [0.2, 0.25) is 0 Å². The first-order chi connectivity index (χ1) is 14.9. The minimum atomic E-state index is -1.80. The van der Waals surface area contributed by atoms with Crippen molar-refractivity contribution in [1.82, 2.24) is 5.32 Å². The number of hydrogen-bond acceptors (Lipinski definition) is 4. The average Bonchev–Trinajstić information content (AvgIpc) is 3.04. The number of carbonyl (C=O) groups is 2. The smallest absolute Gasteiger partial charge is 0.252 e. The monoisotopic (exact) mass is 487 g/mol. The Morgan fingerprint density at radius 2 is 1.58 bits per heavy atom. The number of aliphatic hydroxyl groups is 2. The van der Waals surface area contributed by atoms with E-state index in [2.05, 4.69) is 21.2 Å². The van der Waals surface area contributed by atoms with Crippen LogP contribution in [-0.4, -0.2) is 34.1 Å². The average molecular weight is 488 g/mol. The standard InChI is InChI=1S/C25H30BrNO4/c1-16(17-12-14-19(26)15-13-17)27-25(31)24(30)23(29)22(28)21-11-7-3-6-10-20(21)18-8-4-2-5-9-18/h2,4-5,8-9,12-16,20-21,23-24,29-30H,3,6-7,10-11H2,1H3,(H,27,31)/t16-,20?,21?,23-,24+/m0/s1. The zero-order valence-electron chi connectivity index (χ0n) is 17.7. The number of Topliss-reactive ketones (excluding diaryl/α,β-unsaturated/α-hetero) is 1. The van der Waals surface area contributed by atoms with E-state index in [1.165, 1.54) is 0 Å². The highest BCUT2D eigenvalue weighted by molar-refractivity contribution is 9.10. The highest BCUT2D eigenvalue weighted by atomic mass is 79.9. The molecule has 1 fully saturated rings. The second-order valence-electron chi connectivity index (χ2n) is 8.34. The Hall–Kier alpha value is -2.02. The molecule has 0 bridgehead atoms. The fraction of sp³-hybridized carbons (Fsp3) is 0.440. The van der Waals surface area contributed by atoms with Gasteiger partial charge in [0.2, 0.25) is 0 Å². The molecule has 5 nitrogen and oxygen atoms in total. The van der Waals surface area contributed by atoms with E-state index in [0.717, 1.165) is 41.3 Å². The first kappa shape index (κ1) is 23.6. The lowest BCUT2D eigenvalue weighted by Crippen LogP contribution is -2.48. The number of hydrogen-bond donors (Lipinski definition) is 3. The molecule has 5 atom stereocenters. The van der Waals surface area contributed by atoms with Gasteiger partial charge in [0.15, 0.2) is 11.9 Å². The van der Waals surface area contributed by atoms with Crippen molar-refractivity contribution in [2.45, 2.75) is 63.2 Å². The van der Waals surface area contributed by atoms with E-state index >= 15 is 0 Å². The van der Waals surface area contributed by atoms with Crippen molar-refractivity contribution in [2.75, 3.05) is 0 Å². The summed E-state index contributed by atoms with van der Waals surface area (Å²) in [6.45, 7) is 1.79. The molecule has 0 radical (unpaired) electrons. The minimum Gasteiger partial charge on any atom is -0.382 e. The lowest BCUT2D eigenvalue weighted by Gasteiger charge is -2.28. The predicted octanol–water partition coefficient (Wildman–Crippen LogP) is 4.28. The first-order valence-electron chi connectivity index (χ1n) is 10.9. The maximum Gasteiger partial charge on any atom is 0.252 e. The third-order valence-electron chi connectivity index (χ3n) is 6.20. The predicted molar refractivity (Wildman–Crippen MR) is 123 cm³/mol. The van der Waals surface area contributed by atoms with Crippen molar-refractivity contribution in [3.05, 3.63) is 70.2 Å². The number of aliphatic hydroxyl groups excluding tert-OH is 2. The van der Waals surface area contributed by atoms with Crippen LogP contribution < -0.4 is 5.32 Å². The molecule has 0 aliphatic heterocycles. The Morgan fingerprint density at radius 1 is 0.935 bits per heavy atom. The highest BCUT2D eigenvalue weighted by Gasteiger charge is 2.39. The fourth-order valence-corrected chi connectivity index (χ4v) is 4.66. The number of amides is 1. The van der Waals surface area contributed by atoms with Crippen molar-refractivity contribution in [3.63, 3.8) is 0 Å². The van der Waals surface area contributed by atoms with Crippen LogP contribution in [0.4, 0.5) is 0 Å². The van der Waals surface area contributed by atoms with Gasteiger partial charge in [-0.2, -0.15) is 0 Å². The van der Waals surface area contributed by atoms with Crippen LogP contribution in [0.25, 0.3) is 0 Å². The lowest BCUT2D eigenvalue weighted by atomic mass is 9.78. The Bertz CT molecular complexity index is 871. The molecule has 2 aromatic rings. The van der Waals surface area contributed by atoms with Crippen LogP contribution in [0.5, 0.6) is 0 Å². The molecule has 1 saturated carbocycles. The highest BCUT2D eigenvalue weighted by Crippen LogP contribution is 2.38. The van der Waals surface area contributed by atoms with Gasteiger partial charge in [0, 0.05) is 10.4 Å². The van der Waals surface area contributed by atoms with Gasteiger partial charge in [-0.15, -0.1) is 0 Å². The van der Waals surface area contributed by atoms with Gasteiger partial charge >= 0.3 is 0 Å². The molecule has 1 aliphatic rings. The number of nitrogens with one attached hydrogen (secondary N) is 1. The molecule has 0 aromatic heterocycles. The number of carbonyl (C=O) groups excluding carboxylic acids is 2. The Labute approximate surface area is 192 Å². The summed E-state index contributed by atoms with van der Waals surface area (Å²) in [5.41, 5.74) is 1.93. The number of rotatable bonds is 7. The molecular weight excluding hydrogens is 458 g/mol. The molecule has 2 aromatic carbocycles. The summed E-state index contributed by atoms with van der Waals surface area (Å²) in [5, 5.41) is 23.8. The Balaban J connectivity index is 1.69. The van der Waals surface area contributed by atoms with E-state index in [4.69, 9.17) is 0 Å². The van der Waals surface area contributed by atoms with Crippen LogP contribution in [-0.2, 0) is 9.59 Å². The topological polar surface area (TPSA) is 86.6 Å². The Morgan fingerprint density at radius 3 is 2.26 bits per heavy atom. The van der Waals surface area contributed by atoms with Crippen molar-refractivity contribution >= 4 is 27.6 Å². The van der Waals surface area contributed by atoms with Gasteiger partial charge in [0.25, 0.3) is 5.91 Å². The van der Waals surface area contributed by atoms with Gasteiger partial charge < -0.3 is 15.5 Å². The third-order valence-corrected chi connectivity index (χ3v) is 6.73. The second-order valence-corrected chi connectivity index (χ2v) is 9.25. The van der Waals surface area contributed by atoms with Crippen LogP contribution in [0.1, 0.15) is 62.1 Å². The second kappa shape index (κ2) is 11.0. The van der Waals surface area contributed by atoms with Gasteiger partial charge in [-0.25, -0.2) is 0 Å². The zero-order chi connectivity index (χ0) is 22.4. The van der Waals surface area contributed by atoms with Crippen molar-refractivity contribution < 1.29 is 19.8 Å². The maximum absolute atomic E-state index is 13.2. The van der Waals surface area contributed by atoms with Crippen LogP contribution >= 0.6 is 15.9 Å². The van der Waals surface area contributed by atoms with Gasteiger partial charge in [-0.3, -0.25) is 9.59 Å². The van der Waals surface area contributed by atoms with E-state index in [0.29, 0.717) is 6.42 Å². The number of halogens is 1. The quantitative estimate of drug-likeness (QED) is 0.508. The summed E-state index contributed by atoms with van der Waals surface area (Å²) < 4.78 is 0.923. The molecular formula is C25H30BrNO4. The van der Waals surface area contributed by atoms with Gasteiger partial charge in [0.05, 0.1) is 6.04 Å². The summed E-state index contributed by atoms with van der Waals surface area (Å²) >= 11 is 3.37. The van der Waals surface area contributed by atoms with Crippen molar-refractivity contribution in [1.29, 1.82) is 0 Å². The summed E-state index contributed by atoms with van der Waals surface area (Å²) in [5.74, 6) is -1.62. The fourth-order valence-electron chi connectivity index (χ4n) is 4.40. The van der Waals surface area contributed by atoms with E-state index in [-0.39, 0.29) is 12.0 Å². The van der Waals surface area contributed by atoms with Gasteiger partial charge in [-0.05, 0) is 48.9 Å². The number of ketones is 1. The minimum absolute atomic E-state index is 0.0113. The van der Waals surface area contributed by atoms with Gasteiger partial charge in [-0.1, -0.05) is 77.7 Å². The van der Waals surface area contributed by atoms with Gasteiger partial charge in [0.1, 0.15) is 6.10 Å². The van der Waals surface area contributed by atoms with Crippen LogP contribution in [0.3, 0.4) is 0 Å². The molecule has 1 aliphatic carbocycles. The Kier molecular flexibility index (Phi) is 8.41.